The third-order valence-electron chi connectivity index (χ3n) is 4.00. The molecule has 0 aliphatic carbocycles. The second kappa shape index (κ2) is 10.0. The number of nitrogens with zero attached hydrogens (tertiary/aromatic N) is 1. The van der Waals surface area contributed by atoms with Gasteiger partial charge in [0, 0.05) is 23.1 Å². The van der Waals surface area contributed by atoms with Gasteiger partial charge in [-0.25, -0.2) is 9.79 Å². The molecule has 2 rings (SSSR count). The highest BCUT2D eigenvalue weighted by molar-refractivity contribution is 8.13. The Morgan fingerprint density at radius 2 is 2.04 bits per heavy atom. The van der Waals surface area contributed by atoms with Gasteiger partial charge in [0.1, 0.15) is 17.5 Å². The molecular weight excluding hydrogens is 384 g/mol. The van der Waals surface area contributed by atoms with Gasteiger partial charge in [0.05, 0.1) is 32.8 Å². The molecule has 1 aliphatic heterocycles. The van der Waals surface area contributed by atoms with Gasteiger partial charge in [-0.15, -0.1) is 0 Å². The first-order chi connectivity index (χ1) is 13.4. The summed E-state index contributed by atoms with van der Waals surface area (Å²) in [5, 5.41) is 12.5. The van der Waals surface area contributed by atoms with E-state index in [9.17, 15) is 9.59 Å². The van der Waals surface area contributed by atoms with Crippen LogP contribution in [0.25, 0.3) is 0 Å². The SMILES string of the molecule is CCOC(=O)C1=C(C)NC(SCCC(=O)O)=N[C@H]1c1ccc(OC)cc1OC. The Kier molecular flexibility index (Phi) is 7.74. The number of amidine groups is 1. The van der Waals surface area contributed by atoms with Gasteiger partial charge in [-0.2, -0.15) is 0 Å². The van der Waals surface area contributed by atoms with Crippen LogP contribution in [0.4, 0.5) is 0 Å². The van der Waals surface area contributed by atoms with Gasteiger partial charge in [0.2, 0.25) is 0 Å². The number of rotatable bonds is 8. The quantitative estimate of drug-likeness (QED) is 0.633. The standard InChI is InChI=1S/C19H24N2O6S/c1-5-27-18(24)16-11(2)20-19(28-9-8-15(22)23)21-17(16)13-7-6-12(25-3)10-14(13)26-4/h6-7,10,17H,5,8-9H2,1-4H3,(H,20,21)(H,22,23)/t17-/m0/s1. The van der Waals surface area contributed by atoms with Crippen LogP contribution in [-0.2, 0) is 14.3 Å². The van der Waals surface area contributed by atoms with E-state index in [0.717, 1.165) is 0 Å². The number of aliphatic imine (C=N–C) groups is 1. The fraction of sp³-hybridized carbons (Fsp3) is 0.421. The molecular formula is C19H24N2O6S. The van der Waals surface area contributed by atoms with Crippen LogP contribution in [0, 0.1) is 0 Å². The molecule has 9 heteroatoms. The van der Waals surface area contributed by atoms with Crippen molar-refractivity contribution in [3.8, 4) is 11.5 Å². The Balaban J connectivity index is 2.45. The lowest BCUT2D eigenvalue weighted by molar-refractivity contribution is -0.139. The molecule has 0 saturated heterocycles. The zero-order valence-electron chi connectivity index (χ0n) is 16.3. The normalized spacial score (nSPS) is 16.1. The maximum absolute atomic E-state index is 12.6. The zero-order chi connectivity index (χ0) is 20.7. The molecule has 1 aromatic carbocycles. The van der Waals surface area contributed by atoms with Crippen molar-refractivity contribution < 1.29 is 28.9 Å². The highest BCUT2D eigenvalue weighted by Gasteiger charge is 2.32. The number of carboxylic acids is 1. The monoisotopic (exact) mass is 408 g/mol. The molecule has 8 nitrogen and oxygen atoms in total. The molecule has 152 valence electrons. The van der Waals surface area contributed by atoms with Crippen molar-refractivity contribution in [2.24, 2.45) is 4.99 Å². The van der Waals surface area contributed by atoms with E-state index in [1.165, 1.54) is 18.9 Å². The number of aliphatic carboxylic acids is 1. The van der Waals surface area contributed by atoms with Crippen LogP contribution in [-0.4, -0.2) is 48.8 Å². The number of thioether (sulfide) groups is 1. The molecule has 0 aromatic heterocycles. The van der Waals surface area contributed by atoms with Crippen molar-refractivity contribution in [1.29, 1.82) is 0 Å². The van der Waals surface area contributed by atoms with Gasteiger partial charge in [0.15, 0.2) is 5.17 Å². The van der Waals surface area contributed by atoms with E-state index < -0.39 is 18.0 Å². The number of benzene rings is 1. The molecule has 1 atom stereocenters. The smallest absolute Gasteiger partial charge is 0.338 e. The second-order valence-corrected chi connectivity index (χ2v) is 6.90. The molecule has 0 bridgehead atoms. The lowest BCUT2D eigenvalue weighted by atomic mass is 9.95. The van der Waals surface area contributed by atoms with Crippen molar-refractivity contribution in [2.75, 3.05) is 26.6 Å². The molecule has 0 radical (unpaired) electrons. The average Bonchev–Trinajstić information content (AvgIpc) is 2.66. The van der Waals surface area contributed by atoms with E-state index in [2.05, 4.69) is 10.3 Å². The lowest BCUT2D eigenvalue weighted by Gasteiger charge is -2.26. The summed E-state index contributed by atoms with van der Waals surface area (Å²) in [6.07, 6.45) is 0.00931. The van der Waals surface area contributed by atoms with Crippen LogP contribution in [0.3, 0.4) is 0 Å². The third-order valence-corrected chi connectivity index (χ3v) is 4.89. The van der Waals surface area contributed by atoms with Crippen LogP contribution < -0.4 is 14.8 Å². The van der Waals surface area contributed by atoms with Gasteiger partial charge >= 0.3 is 11.9 Å². The number of carbonyl (C=O) groups is 2. The predicted molar refractivity (Wildman–Crippen MR) is 107 cm³/mol. The molecule has 0 spiro atoms. The first kappa shape index (κ1) is 21.6. The Labute approximate surface area is 168 Å². The van der Waals surface area contributed by atoms with Crippen LogP contribution in [0.2, 0.25) is 0 Å². The highest BCUT2D eigenvalue weighted by Crippen LogP contribution is 2.39. The van der Waals surface area contributed by atoms with Crippen molar-refractivity contribution in [3.63, 3.8) is 0 Å². The summed E-state index contributed by atoms with van der Waals surface area (Å²) in [6.45, 7) is 3.75. The fourth-order valence-electron chi connectivity index (χ4n) is 2.70. The number of allylic oxidation sites excluding steroid dienone is 1. The van der Waals surface area contributed by atoms with Gasteiger partial charge in [-0.1, -0.05) is 11.8 Å². The molecule has 0 saturated carbocycles. The van der Waals surface area contributed by atoms with Gasteiger partial charge in [-0.3, -0.25) is 4.79 Å². The van der Waals surface area contributed by atoms with Crippen LogP contribution in [0.1, 0.15) is 31.9 Å². The van der Waals surface area contributed by atoms with Gasteiger partial charge in [-0.05, 0) is 26.0 Å². The van der Waals surface area contributed by atoms with E-state index in [1.807, 2.05) is 0 Å². The summed E-state index contributed by atoms with van der Waals surface area (Å²) in [5.41, 5.74) is 1.67. The minimum Gasteiger partial charge on any atom is -0.497 e. The van der Waals surface area contributed by atoms with Crippen LogP contribution in [0.5, 0.6) is 11.5 Å². The molecule has 1 heterocycles. The number of esters is 1. The largest absolute Gasteiger partial charge is 0.497 e. The Morgan fingerprint density at radius 1 is 1.29 bits per heavy atom. The number of carboxylic acid groups (broad SMARTS) is 1. The van der Waals surface area contributed by atoms with Gasteiger partial charge in [0.25, 0.3) is 0 Å². The van der Waals surface area contributed by atoms with Gasteiger partial charge < -0.3 is 24.6 Å². The number of ether oxygens (including phenoxy) is 3. The van der Waals surface area contributed by atoms with E-state index in [4.69, 9.17) is 19.3 Å². The molecule has 1 aliphatic rings. The number of hydrogen-bond donors (Lipinski definition) is 2. The maximum atomic E-state index is 12.6. The van der Waals surface area contributed by atoms with Crippen molar-refractivity contribution in [3.05, 3.63) is 35.0 Å². The molecule has 2 N–H and O–H groups in total. The Morgan fingerprint density at radius 3 is 2.64 bits per heavy atom. The van der Waals surface area contributed by atoms with Crippen molar-refractivity contribution in [2.45, 2.75) is 26.3 Å². The summed E-state index contributed by atoms with van der Waals surface area (Å²) in [4.78, 5) is 28.0. The van der Waals surface area contributed by atoms with E-state index in [1.54, 1.807) is 39.2 Å². The minimum absolute atomic E-state index is 0.00931. The van der Waals surface area contributed by atoms with Crippen LogP contribution in [0.15, 0.2) is 34.5 Å². The van der Waals surface area contributed by atoms with Crippen LogP contribution >= 0.6 is 11.8 Å². The summed E-state index contributed by atoms with van der Waals surface area (Å²) in [5.74, 6) is 0.160. The second-order valence-electron chi connectivity index (χ2n) is 5.82. The lowest BCUT2D eigenvalue weighted by Crippen LogP contribution is -2.31. The van der Waals surface area contributed by atoms with E-state index in [0.29, 0.717) is 39.3 Å². The average molecular weight is 408 g/mol. The molecule has 1 aromatic rings. The van der Waals surface area contributed by atoms with E-state index in [-0.39, 0.29) is 13.0 Å². The topological polar surface area (TPSA) is 106 Å². The minimum atomic E-state index is -0.878. The highest BCUT2D eigenvalue weighted by atomic mass is 32.2. The molecule has 0 amide bonds. The third kappa shape index (κ3) is 5.19. The first-order valence-electron chi connectivity index (χ1n) is 8.70. The molecule has 0 fully saturated rings. The maximum Gasteiger partial charge on any atom is 0.338 e. The number of hydrogen-bond acceptors (Lipinski definition) is 8. The fourth-order valence-corrected chi connectivity index (χ4v) is 3.57. The number of methoxy groups -OCH3 is 2. The summed E-state index contributed by atoms with van der Waals surface area (Å²) < 4.78 is 15.9. The Bertz CT molecular complexity index is 806. The zero-order valence-corrected chi connectivity index (χ0v) is 17.1. The molecule has 0 unspecified atom stereocenters. The van der Waals surface area contributed by atoms with Crippen molar-refractivity contribution in [1.82, 2.24) is 5.32 Å². The summed E-state index contributed by atoms with van der Waals surface area (Å²) >= 11 is 1.28. The Hall–Kier alpha value is -2.68. The number of nitrogens with one attached hydrogen (secondary N) is 1. The number of carbonyl (C=O) groups excluding carboxylic acids is 1. The summed E-state index contributed by atoms with van der Waals surface area (Å²) in [7, 11) is 3.09. The first-order valence-corrected chi connectivity index (χ1v) is 9.69. The molecule has 28 heavy (non-hydrogen) atoms. The summed E-state index contributed by atoms with van der Waals surface area (Å²) in [6, 6.07) is 4.64. The predicted octanol–water partition coefficient (Wildman–Crippen LogP) is 2.75. The van der Waals surface area contributed by atoms with E-state index >= 15 is 0 Å². The van der Waals surface area contributed by atoms with Crippen molar-refractivity contribution >= 4 is 28.9 Å².